The lowest BCUT2D eigenvalue weighted by Gasteiger charge is -2.18. The number of nitrogens with zero attached hydrogens (tertiary/aromatic N) is 3. The molecule has 4 rings (SSSR count). The van der Waals surface area contributed by atoms with E-state index in [0.717, 1.165) is 13.7 Å². The van der Waals surface area contributed by atoms with Crippen molar-refractivity contribution in [3.8, 4) is 11.4 Å². The molecule has 1 aromatic carbocycles. The summed E-state index contributed by atoms with van der Waals surface area (Å²) in [6.07, 6.45) is 1.31. The van der Waals surface area contributed by atoms with E-state index in [4.69, 9.17) is 0 Å². The monoisotopic (exact) mass is 371 g/mol. The van der Waals surface area contributed by atoms with Gasteiger partial charge in [0.25, 0.3) is 11.1 Å². The van der Waals surface area contributed by atoms with Gasteiger partial charge in [-0.25, -0.2) is 13.8 Å². The number of hydrogen-bond acceptors (Lipinski definition) is 4. The summed E-state index contributed by atoms with van der Waals surface area (Å²) < 4.78 is 17.9. The quantitative estimate of drug-likeness (QED) is 0.742. The predicted octanol–water partition coefficient (Wildman–Crippen LogP) is 1.65. The lowest BCUT2D eigenvalue weighted by molar-refractivity contribution is 0.472. The Morgan fingerprint density at radius 2 is 1.78 bits per heavy atom. The van der Waals surface area contributed by atoms with Crippen LogP contribution < -0.4 is 16.8 Å². The topological polar surface area (TPSA) is 86.2 Å². The molecule has 1 saturated carbocycles. The molecule has 0 amide bonds. The van der Waals surface area contributed by atoms with Gasteiger partial charge in [-0.05, 0) is 44.4 Å². The zero-order chi connectivity index (χ0) is 19.6. The number of benzene rings is 1. The lowest BCUT2D eigenvalue weighted by atomic mass is 10.2. The van der Waals surface area contributed by atoms with E-state index in [2.05, 4.69) is 0 Å². The Balaban J connectivity index is 2.33. The zero-order valence-corrected chi connectivity index (χ0v) is 15.1. The van der Waals surface area contributed by atoms with Gasteiger partial charge in [0.1, 0.15) is 22.6 Å². The third-order valence-corrected chi connectivity index (χ3v) is 5.06. The van der Waals surface area contributed by atoms with Gasteiger partial charge in [-0.2, -0.15) is 0 Å². The van der Waals surface area contributed by atoms with Crippen molar-refractivity contribution in [2.24, 2.45) is 7.05 Å². The number of hydrogen-bond donors (Lipinski definition) is 1. The molecule has 2 aromatic heterocycles. The SMILES string of the molecule is Cc1ccc(-n2c(=O)n(C3CC3)c(=O)c3c(O)c(C)c(=O)n(C)c32)c(F)c1. The molecule has 1 N–H and O–H groups in total. The molecule has 0 bridgehead atoms. The van der Waals surface area contributed by atoms with E-state index in [1.165, 1.54) is 26.1 Å². The van der Waals surface area contributed by atoms with Crippen LogP contribution in [0.15, 0.2) is 32.6 Å². The van der Waals surface area contributed by atoms with E-state index < -0.39 is 28.4 Å². The summed E-state index contributed by atoms with van der Waals surface area (Å²) in [7, 11) is 1.39. The molecule has 140 valence electrons. The molecule has 0 atom stereocenters. The van der Waals surface area contributed by atoms with Crippen molar-refractivity contribution >= 4 is 11.0 Å². The van der Waals surface area contributed by atoms with Gasteiger partial charge in [0.05, 0.1) is 11.3 Å². The fraction of sp³-hybridized carbons (Fsp3) is 0.316. The molecule has 0 unspecified atom stereocenters. The van der Waals surface area contributed by atoms with Crippen molar-refractivity contribution in [1.82, 2.24) is 13.7 Å². The van der Waals surface area contributed by atoms with Gasteiger partial charge < -0.3 is 5.11 Å². The van der Waals surface area contributed by atoms with Gasteiger partial charge in [0.15, 0.2) is 0 Å². The Kier molecular flexibility index (Phi) is 3.62. The molecule has 1 aliphatic rings. The van der Waals surface area contributed by atoms with Crippen LogP contribution in [0.3, 0.4) is 0 Å². The van der Waals surface area contributed by atoms with Crippen molar-refractivity contribution in [2.45, 2.75) is 32.7 Å². The van der Waals surface area contributed by atoms with Crippen LogP contribution in [-0.4, -0.2) is 18.8 Å². The molecular formula is C19H18FN3O4. The molecule has 1 fully saturated rings. The highest BCUT2D eigenvalue weighted by Gasteiger charge is 2.31. The molecule has 27 heavy (non-hydrogen) atoms. The first kappa shape index (κ1) is 17.3. The van der Waals surface area contributed by atoms with Crippen LogP contribution in [0.1, 0.15) is 30.0 Å². The van der Waals surface area contributed by atoms with Crippen LogP contribution >= 0.6 is 0 Å². The predicted molar refractivity (Wildman–Crippen MR) is 98.4 cm³/mol. The van der Waals surface area contributed by atoms with E-state index in [0.29, 0.717) is 18.4 Å². The molecule has 7 nitrogen and oxygen atoms in total. The van der Waals surface area contributed by atoms with Gasteiger partial charge in [-0.1, -0.05) is 6.07 Å². The second-order valence-corrected chi connectivity index (χ2v) is 7.02. The maximum Gasteiger partial charge on any atom is 0.337 e. The third kappa shape index (κ3) is 2.36. The van der Waals surface area contributed by atoms with Crippen molar-refractivity contribution < 1.29 is 9.50 Å². The average molecular weight is 371 g/mol. The number of aromatic hydroxyl groups is 1. The first-order valence-electron chi connectivity index (χ1n) is 8.60. The van der Waals surface area contributed by atoms with Crippen LogP contribution in [0.2, 0.25) is 0 Å². The minimum absolute atomic E-state index is 0.000904. The number of fused-ring (bicyclic) bond motifs is 1. The Labute approximate surface area is 152 Å². The van der Waals surface area contributed by atoms with Crippen molar-refractivity contribution in [1.29, 1.82) is 0 Å². The third-order valence-electron chi connectivity index (χ3n) is 5.06. The van der Waals surface area contributed by atoms with E-state index in [-0.39, 0.29) is 28.3 Å². The largest absolute Gasteiger partial charge is 0.506 e. The summed E-state index contributed by atoms with van der Waals surface area (Å²) >= 11 is 0. The molecular weight excluding hydrogens is 353 g/mol. The normalized spacial score (nSPS) is 14.1. The first-order chi connectivity index (χ1) is 12.7. The van der Waals surface area contributed by atoms with E-state index in [1.54, 1.807) is 13.0 Å². The van der Waals surface area contributed by atoms with Gasteiger partial charge >= 0.3 is 5.69 Å². The van der Waals surface area contributed by atoms with Crippen LogP contribution in [0, 0.1) is 19.7 Å². The number of halogens is 1. The molecule has 1 aliphatic carbocycles. The summed E-state index contributed by atoms with van der Waals surface area (Å²) in [6.45, 7) is 3.11. The molecule has 0 saturated heterocycles. The Morgan fingerprint density at radius 3 is 2.37 bits per heavy atom. The Hall–Kier alpha value is -3.16. The fourth-order valence-electron chi connectivity index (χ4n) is 3.44. The van der Waals surface area contributed by atoms with E-state index in [1.807, 2.05) is 0 Å². The van der Waals surface area contributed by atoms with Crippen LogP contribution in [0.25, 0.3) is 16.7 Å². The molecule has 8 heteroatoms. The number of rotatable bonds is 2. The van der Waals surface area contributed by atoms with Crippen LogP contribution in [0.5, 0.6) is 5.75 Å². The fourth-order valence-corrected chi connectivity index (χ4v) is 3.44. The van der Waals surface area contributed by atoms with Crippen molar-refractivity contribution in [2.75, 3.05) is 0 Å². The number of pyridine rings is 1. The highest BCUT2D eigenvalue weighted by atomic mass is 19.1. The van der Waals surface area contributed by atoms with Crippen LogP contribution in [0.4, 0.5) is 4.39 Å². The van der Waals surface area contributed by atoms with Gasteiger partial charge in [-0.3, -0.25) is 18.7 Å². The van der Waals surface area contributed by atoms with Crippen molar-refractivity contribution in [3.63, 3.8) is 0 Å². The molecule has 0 radical (unpaired) electrons. The summed E-state index contributed by atoms with van der Waals surface area (Å²) in [6, 6.07) is 4.04. The summed E-state index contributed by atoms with van der Waals surface area (Å²) in [5.41, 5.74) is -1.51. The Morgan fingerprint density at radius 1 is 1.11 bits per heavy atom. The summed E-state index contributed by atoms with van der Waals surface area (Å²) in [5.74, 6) is -1.14. The van der Waals surface area contributed by atoms with Gasteiger partial charge in [0, 0.05) is 13.1 Å². The summed E-state index contributed by atoms with van der Waals surface area (Å²) in [5, 5.41) is 10.3. The molecule has 0 spiro atoms. The second-order valence-electron chi connectivity index (χ2n) is 7.02. The van der Waals surface area contributed by atoms with Crippen LogP contribution in [-0.2, 0) is 7.05 Å². The summed E-state index contributed by atoms with van der Waals surface area (Å²) in [4.78, 5) is 38.6. The molecule has 2 heterocycles. The minimum Gasteiger partial charge on any atom is -0.506 e. The Bertz CT molecular complexity index is 1300. The lowest BCUT2D eigenvalue weighted by Crippen LogP contribution is -2.41. The maximum atomic E-state index is 14.7. The number of aryl methyl sites for hydroxylation is 2. The van der Waals surface area contributed by atoms with E-state index in [9.17, 15) is 23.9 Å². The molecule has 3 aromatic rings. The number of aromatic nitrogens is 3. The smallest absolute Gasteiger partial charge is 0.337 e. The van der Waals surface area contributed by atoms with Gasteiger partial charge in [0.2, 0.25) is 0 Å². The highest BCUT2D eigenvalue weighted by molar-refractivity contribution is 5.84. The van der Waals surface area contributed by atoms with Crippen molar-refractivity contribution in [3.05, 3.63) is 66.3 Å². The highest BCUT2D eigenvalue weighted by Crippen LogP contribution is 2.33. The van der Waals surface area contributed by atoms with Gasteiger partial charge in [-0.15, -0.1) is 0 Å². The minimum atomic E-state index is -0.726. The second kappa shape index (κ2) is 5.67. The maximum absolute atomic E-state index is 14.7. The first-order valence-corrected chi connectivity index (χ1v) is 8.60. The molecule has 0 aliphatic heterocycles. The average Bonchev–Trinajstić information content (AvgIpc) is 3.43. The standard InChI is InChI=1S/C19H18FN3O4/c1-9-4-7-13(12(20)8-9)23-16-14(15(24)10(2)17(25)21(16)3)18(26)22(19(23)27)11-5-6-11/h4,7-8,11,24H,5-6H2,1-3H3. The zero-order valence-electron chi connectivity index (χ0n) is 15.1. The van der Waals surface area contributed by atoms with E-state index >= 15 is 0 Å².